The van der Waals surface area contributed by atoms with E-state index >= 15 is 0 Å². The average molecular weight is 425 g/mol. The first-order valence-electron chi connectivity index (χ1n) is 8.32. The van der Waals surface area contributed by atoms with Gasteiger partial charge in [-0.3, -0.25) is 0 Å². The fraction of sp³-hybridized carbons (Fsp3) is 0.211. The molecule has 0 unspecified atom stereocenters. The maximum Gasteiger partial charge on any atom is 0.187 e. The molecular weight excluding hydrogens is 407 g/mol. The average Bonchev–Trinajstić information content (AvgIpc) is 3.15. The Hall–Kier alpha value is -1.96. The molecule has 8 heteroatoms. The zero-order chi connectivity index (χ0) is 19.4. The van der Waals surface area contributed by atoms with Gasteiger partial charge in [-0.25, -0.2) is 17.8 Å². The summed E-state index contributed by atoms with van der Waals surface area (Å²) in [5, 5.41) is 5.44. The second-order valence-electron chi connectivity index (χ2n) is 5.96. The van der Waals surface area contributed by atoms with E-state index in [0.717, 1.165) is 18.1 Å². The number of anilines is 1. The molecule has 1 aromatic heterocycles. The van der Waals surface area contributed by atoms with Gasteiger partial charge in [0.2, 0.25) is 0 Å². The summed E-state index contributed by atoms with van der Waals surface area (Å²) in [5.74, 6) is -1.19. The quantitative estimate of drug-likeness (QED) is 0.546. The minimum absolute atomic E-state index is 0.0686. The van der Waals surface area contributed by atoms with Crippen molar-refractivity contribution in [1.29, 1.82) is 0 Å². The van der Waals surface area contributed by atoms with Crippen LogP contribution in [0.1, 0.15) is 30.0 Å². The van der Waals surface area contributed by atoms with E-state index in [9.17, 15) is 12.8 Å². The fourth-order valence-electron chi connectivity index (χ4n) is 2.74. The van der Waals surface area contributed by atoms with Crippen molar-refractivity contribution >= 4 is 38.5 Å². The second kappa shape index (κ2) is 8.37. The summed E-state index contributed by atoms with van der Waals surface area (Å²) < 4.78 is 39.7. The van der Waals surface area contributed by atoms with Crippen LogP contribution in [0.4, 0.5) is 10.1 Å². The molecule has 2 aromatic carbocycles. The number of sulfone groups is 1. The van der Waals surface area contributed by atoms with Gasteiger partial charge in [0.1, 0.15) is 21.5 Å². The number of aromatic nitrogens is 1. The Morgan fingerprint density at radius 2 is 2.00 bits per heavy atom. The third-order valence-corrected chi connectivity index (χ3v) is 7.01. The molecule has 0 amide bonds. The largest absolute Gasteiger partial charge is 0.377 e. The molecule has 0 aliphatic rings. The van der Waals surface area contributed by atoms with Crippen molar-refractivity contribution < 1.29 is 12.8 Å². The lowest BCUT2D eigenvalue weighted by Gasteiger charge is -2.20. The van der Waals surface area contributed by atoms with Gasteiger partial charge in [-0.1, -0.05) is 48.9 Å². The lowest BCUT2D eigenvalue weighted by atomic mass is 10.0. The van der Waals surface area contributed by atoms with Crippen molar-refractivity contribution in [3.63, 3.8) is 0 Å². The number of hydrogen-bond acceptors (Lipinski definition) is 5. The standard InChI is InChI=1S/C19H18ClFN2O2S2/c1-2-16(13-6-4-3-5-7-13)23-17-11-15(21)18(10-14(17)20)27(24,25)12-19-22-8-9-26-19/h3-11,16,23H,2,12H2,1H3/t16-/m0/s1. The molecule has 0 radical (unpaired) electrons. The number of rotatable bonds is 7. The highest BCUT2D eigenvalue weighted by Gasteiger charge is 2.23. The molecule has 1 N–H and O–H groups in total. The minimum Gasteiger partial charge on any atom is -0.377 e. The van der Waals surface area contributed by atoms with Crippen LogP contribution in [0.25, 0.3) is 0 Å². The number of halogens is 2. The Bertz CT molecular complexity index is 1010. The van der Waals surface area contributed by atoms with Crippen molar-refractivity contribution in [2.75, 3.05) is 5.32 Å². The topological polar surface area (TPSA) is 59.1 Å². The van der Waals surface area contributed by atoms with Crippen LogP contribution in [0.2, 0.25) is 5.02 Å². The molecule has 4 nitrogen and oxygen atoms in total. The molecule has 3 rings (SSSR count). The lowest BCUT2D eigenvalue weighted by molar-refractivity contribution is 0.566. The van der Waals surface area contributed by atoms with E-state index in [2.05, 4.69) is 10.3 Å². The Balaban J connectivity index is 1.88. The smallest absolute Gasteiger partial charge is 0.187 e. The summed E-state index contributed by atoms with van der Waals surface area (Å²) in [5.41, 5.74) is 1.40. The molecule has 0 spiro atoms. The lowest BCUT2D eigenvalue weighted by Crippen LogP contribution is -2.12. The highest BCUT2D eigenvalue weighted by Crippen LogP contribution is 2.33. The van der Waals surface area contributed by atoms with E-state index in [4.69, 9.17) is 11.6 Å². The molecule has 27 heavy (non-hydrogen) atoms. The third kappa shape index (κ3) is 4.66. The van der Waals surface area contributed by atoms with Gasteiger partial charge in [-0.05, 0) is 24.1 Å². The summed E-state index contributed by atoms with van der Waals surface area (Å²) in [4.78, 5) is 3.54. The molecule has 1 atom stereocenters. The fourth-order valence-corrected chi connectivity index (χ4v) is 5.37. The summed E-state index contributed by atoms with van der Waals surface area (Å²) in [7, 11) is -3.88. The zero-order valence-electron chi connectivity index (χ0n) is 14.5. The van der Waals surface area contributed by atoms with Crippen LogP contribution in [0.3, 0.4) is 0 Å². The first-order valence-corrected chi connectivity index (χ1v) is 11.2. The predicted molar refractivity (Wildman–Crippen MR) is 108 cm³/mol. The third-order valence-electron chi connectivity index (χ3n) is 4.09. The molecule has 3 aromatic rings. The second-order valence-corrected chi connectivity index (χ2v) is 9.31. The van der Waals surface area contributed by atoms with Crippen molar-refractivity contribution in [3.05, 3.63) is 75.5 Å². The molecule has 0 fully saturated rings. The summed E-state index contributed by atoms with van der Waals surface area (Å²) in [6.45, 7) is 2.00. The Kier molecular flexibility index (Phi) is 6.14. The van der Waals surface area contributed by atoms with Crippen LogP contribution in [-0.4, -0.2) is 13.4 Å². The normalized spacial score (nSPS) is 12.7. The maximum atomic E-state index is 14.6. The number of benzene rings is 2. The highest BCUT2D eigenvalue weighted by molar-refractivity contribution is 7.90. The Morgan fingerprint density at radius 1 is 1.26 bits per heavy atom. The van der Waals surface area contributed by atoms with E-state index in [1.54, 1.807) is 5.38 Å². The van der Waals surface area contributed by atoms with Gasteiger partial charge in [0.15, 0.2) is 9.84 Å². The van der Waals surface area contributed by atoms with E-state index in [0.29, 0.717) is 10.7 Å². The monoisotopic (exact) mass is 424 g/mol. The van der Waals surface area contributed by atoms with E-state index < -0.39 is 20.5 Å². The number of hydrogen-bond donors (Lipinski definition) is 1. The van der Waals surface area contributed by atoms with Gasteiger partial charge in [-0.2, -0.15) is 0 Å². The van der Waals surface area contributed by atoms with E-state index in [1.165, 1.54) is 23.6 Å². The van der Waals surface area contributed by atoms with Gasteiger partial charge < -0.3 is 5.32 Å². The predicted octanol–water partition coefficient (Wildman–Crippen LogP) is 5.47. The molecule has 0 aliphatic heterocycles. The maximum absolute atomic E-state index is 14.6. The Morgan fingerprint density at radius 3 is 2.63 bits per heavy atom. The van der Waals surface area contributed by atoms with Gasteiger partial charge in [0.25, 0.3) is 0 Å². The van der Waals surface area contributed by atoms with Crippen LogP contribution >= 0.6 is 22.9 Å². The van der Waals surface area contributed by atoms with E-state index in [-0.39, 0.29) is 16.8 Å². The molecule has 0 bridgehead atoms. The number of nitrogens with one attached hydrogen (secondary N) is 1. The first kappa shape index (κ1) is 19.8. The molecule has 0 aliphatic carbocycles. The summed E-state index contributed by atoms with van der Waals surface area (Å²) in [6.07, 6.45) is 2.27. The molecular formula is C19H18ClFN2O2S2. The first-order chi connectivity index (χ1) is 12.9. The van der Waals surface area contributed by atoms with Gasteiger partial charge >= 0.3 is 0 Å². The SMILES string of the molecule is CC[C@H](Nc1cc(F)c(S(=O)(=O)Cc2nccs2)cc1Cl)c1ccccc1. The molecule has 0 saturated carbocycles. The zero-order valence-corrected chi connectivity index (χ0v) is 16.9. The van der Waals surface area contributed by atoms with Gasteiger partial charge in [0, 0.05) is 11.6 Å². The minimum atomic E-state index is -3.88. The summed E-state index contributed by atoms with van der Waals surface area (Å²) in [6, 6.07) is 12.0. The van der Waals surface area contributed by atoms with E-state index in [1.807, 2.05) is 37.3 Å². The van der Waals surface area contributed by atoms with Crippen molar-refractivity contribution in [1.82, 2.24) is 4.98 Å². The van der Waals surface area contributed by atoms with Crippen molar-refractivity contribution in [2.45, 2.75) is 30.0 Å². The van der Waals surface area contributed by atoms with Crippen LogP contribution in [-0.2, 0) is 15.6 Å². The highest BCUT2D eigenvalue weighted by atomic mass is 35.5. The van der Waals surface area contributed by atoms with Gasteiger partial charge in [-0.15, -0.1) is 11.3 Å². The molecule has 0 saturated heterocycles. The molecule has 142 valence electrons. The van der Waals surface area contributed by atoms with Crippen LogP contribution in [0.5, 0.6) is 0 Å². The van der Waals surface area contributed by atoms with Gasteiger partial charge in [0.05, 0.1) is 16.8 Å². The van der Waals surface area contributed by atoms with Crippen molar-refractivity contribution in [3.8, 4) is 0 Å². The van der Waals surface area contributed by atoms with Crippen LogP contribution in [0.15, 0.2) is 58.9 Å². The summed E-state index contributed by atoms with van der Waals surface area (Å²) >= 11 is 7.48. The number of nitrogens with zero attached hydrogens (tertiary/aromatic N) is 1. The Labute approximate surface area is 167 Å². The van der Waals surface area contributed by atoms with Crippen molar-refractivity contribution in [2.24, 2.45) is 0 Å². The number of thiazole rings is 1. The van der Waals surface area contributed by atoms with Crippen LogP contribution in [0, 0.1) is 5.82 Å². The molecule has 1 heterocycles. The van der Waals surface area contributed by atoms with Crippen LogP contribution < -0.4 is 5.32 Å².